The van der Waals surface area contributed by atoms with Crippen LogP contribution in [0, 0.1) is 11.8 Å². The standard InChI is InChI=1S/C23H32N4O24P4S.C2HF3O2/c1-40-46-54(38,44-32)47-48-55(39,45-33)51-53(36,37)42-13-19-18(28)11-20(43-19)27-12-17(22(30)26-23(27)31)6-3-9-41-52(34,35)49-50-56-14-15-4-2-5-16(10-15)21(29)25-8-7-24;3-2(4,5)1(6)7/h2,4-5,10,12,18-20,28,32-33H,7-9,11,13-14,24H2,1H3,(H,25,29)(H,34,35)(H,36,37)(H,26,30,31);(H,6,7). The third kappa shape index (κ3) is 19.8. The van der Waals surface area contributed by atoms with Gasteiger partial charge in [0, 0.05) is 49.1 Å². The summed E-state index contributed by atoms with van der Waals surface area (Å²) in [4.78, 5) is 71.4. The lowest BCUT2D eigenvalue weighted by Crippen LogP contribution is -2.33. The van der Waals surface area contributed by atoms with Crippen molar-refractivity contribution in [3.63, 3.8) is 0 Å². The smallest absolute Gasteiger partial charge is 0.475 e. The Kier molecular flexibility index (Phi) is 22.6. The lowest BCUT2D eigenvalue weighted by Gasteiger charge is -2.20. The lowest BCUT2D eigenvalue weighted by molar-refractivity contribution is -0.286. The molecule has 1 aliphatic heterocycles. The monoisotopic (exact) mass is 1020 g/mol. The van der Waals surface area contributed by atoms with E-state index in [1.165, 1.54) is 0 Å². The second kappa shape index (κ2) is 25.4. The van der Waals surface area contributed by atoms with Crippen LogP contribution in [0.1, 0.15) is 34.1 Å². The maximum absolute atomic E-state index is 12.5. The number of amides is 1. The third-order valence-corrected chi connectivity index (χ3v) is 11.4. The first-order chi connectivity index (χ1) is 29.3. The molecule has 0 aliphatic carbocycles. The number of aromatic nitrogens is 2. The van der Waals surface area contributed by atoms with Gasteiger partial charge in [-0.1, -0.05) is 24.0 Å². The summed E-state index contributed by atoms with van der Waals surface area (Å²) in [6.07, 6.45) is -9.00. The van der Waals surface area contributed by atoms with Gasteiger partial charge in [-0.05, 0) is 17.7 Å². The molecule has 1 aromatic heterocycles. The number of carbonyl (C=O) groups is 2. The Balaban J connectivity index is 0.00000179. The quantitative estimate of drug-likeness (QED) is 0.0191. The molecule has 1 aromatic carbocycles. The summed E-state index contributed by atoms with van der Waals surface area (Å²) in [5.41, 5.74) is 3.87. The van der Waals surface area contributed by atoms with Crippen LogP contribution in [0.5, 0.6) is 0 Å². The Hall–Kier alpha value is -3.26. The number of aliphatic hydroxyl groups excluding tert-OH is 1. The zero-order chi connectivity index (χ0) is 47.6. The van der Waals surface area contributed by atoms with E-state index in [2.05, 4.69) is 67.8 Å². The molecule has 1 saturated heterocycles. The number of carboxylic acids is 1. The van der Waals surface area contributed by atoms with Crippen molar-refractivity contribution in [2.45, 2.75) is 36.8 Å². The van der Waals surface area contributed by atoms with Gasteiger partial charge in [-0.2, -0.15) is 21.8 Å². The van der Waals surface area contributed by atoms with Gasteiger partial charge in [-0.25, -0.2) is 43.3 Å². The van der Waals surface area contributed by atoms with Crippen LogP contribution in [0.2, 0.25) is 0 Å². The zero-order valence-corrected chi connectivity index (χ0v) is 35.5. The van der Waals surface area contributed by atoms with E-state index < -0.39 is 98.3 Å². The highest BCUT2D eigenvalue weighted by molar-refractivity contribution is 7.93. The number of nitrogens with one attached hydrogen (secondary N) is 2. The predicted molar refractivity (Wildman–Crippen MR) is 193 cm³/mol. The Morgan fingerprint density at radius 1 is 1.05 bits per heavy atom. The van der Waals surface area contributed by atoms with Crippen LogP contribution >= 0.6 is 43.3 Å². The molecule has 3 rings (SSSR count). The molecular weight excluding hydrogens is 985 g/mol. The summed E-state index contributed by atoms with van der Waals surface area (Å²) in [7, 11) is -20.6. The first-order valence-corrected chi connectivity index (χ1v) is 22.8. The number of alkyl halides is 3. The van der Waals surface area contributed by atoms with Crippen molar-refractivity contribution in [2.75, 3.05) is 33.4 Å². The number of carboxylic acid groups (broad SMARTS) is 1. The summed E-state index contributed by atoms with van der Waals surface area (Å²) in [5, 5.41) is 37.4. The Morgan fingerprint density at radius 2 is 1.70 bits per heavy atom. The number of carbonyl (C=O) groups excluding carboxylic acids is 1. The first kappa shape index (κ1) is 55.9. The van der Waals surface area contributed by atoms with E-state index in [1.807, 2.05) is 4.98 Å². The number of benzene rings is 1. The van der Waals surface area contributed by atoms with Crippen molar-refractivity contribution in [2.24, 2.45) is 5.73 Å². The van der Waals surface area contributed by atoms with Gasteiger partial charge >= 0.3 is 49.1 Å². The number of phosphoric ester groups is 2. The molecular formula is C25H33F3N4O26P4S. The van der Waals surface area contributed by atoms with Crippen molar-refractivity contribution < 1.29 is 127 Å². The van der Waals surface area contributed by atoms with E-state index in [4.69, 9.17) is 30.9 Å². The van der Waals surface area contributed by atoms with Crippen LogP contribution in [0.15, 0.2) is 40.1 Å². The lowest BCUT2D eigenvalue weighted by atomic mass is 10.1. The number of aromatic amines is 1. The number of phosphoric acid groups is 4. The van der Waals surface area contributed by atoms with Crippen LogP contribution in [0.4, 0.5) is 13.2 Å². The Morgan fingerprint density at radius 3 is 2.30 bits per heavy atom. The SMILES string of the molecule is COOP(=O)(OO)OOP(=O)(OO)OP(=O)(O)OCC1OC(n2cc(C#CCOP(=O)(O)OOSCc3cccc(C(=O)NCCN)c3)c(=O)[nH]c2=O)CC1O.O=C(O)C(F)(F)F. The number of halogens is 3. The number of H-pyrrole nitrogens is 1. The van der Waals surface area contributed by atoms with Gasteiger partial charge in [0.15, 0.2) is 0 Å². The van der Waals surface area contributed by atoms with Crippen molar-refractivity contribution in [1.82, 2.24) is 14.9 Å². The Labute approximate surface area is 352 Å². The second-order valence-electron chi connectivity index (χ2n) is 10.9. The Bertz CT molecular complexity index is 2240. The number of hydrogen-bond donors (Lipinski definition) is 9. The molecule has 7 atom stereocenters. The minimum Gasteiger partial charge on any atom is -0.475 e. The van der Waals surface area contributed by atoms with E-state index in [0.717, 1.165) is 17.9 Å². The molecule has 1 aliphatic rings. The predicted octanol–water partition coefficient (Wildman–Crippen LogP) is 1.63. The highest BCUT2D eigenvalue weighted by Crippen LogP contribution is 2.65. The molecule has 356 valence electrons. The minimum absolute atomic E-state index is 0.0957. The minimum atomic E-state index is -5.72. The van der Waals surface area contributed by atoms with E-state index in [-0.39, 0.29) is 24.7 Å². The van der Waals surface area contributed by atoms with Crippen molar-refractivity contribution in [1.29, 1.82) is 0 Å². The average molecular weight is 1020 g/mol. The number of hydrogen-bond acceptors (Lipinski definition) is 25. The molecule has 1 amide bonds. The molecule has 0 radical (unpaired) electrons. The molecule has 0 spiro atoms. The summed E-state index contributed by atoms with van der Waals surface area (Å²) >= 11 is 0.604. The van der Waals surface area contributed by atoms with Crippen molar-refractivity contribution >= 4 is 55.2 Å². The van der Waals surface area contributed by atoms with E-state index >= 15 is 0 Å². The fourth-order valence-electron chi connectivity index (χ4n) is 3.91. The van der Waals surface area contributed by atoms with Crippen LogP contribution < -0.4 is 22.3 Å². The zero-order valence-electron chi connectivity index (χ0n) is 31.1. The second-order valence-corrected chi connectivity index (χ2v) is 17.3. The summed E-state index contributed by atoms with van der Waals surface area (Å²) in [6.45, 7) is -1.29. The summed E-state index contributed by atoms with van der Waals surface area (Å²) in [6, 6.07) is 6.42. The third-order valence-electron chi connectivity index (χ3n) is 6.45. The van der Waals surface area contributed by atoms with Gasteiger partial charge in [0.05, 0.1) is 19.8 Å². The van der Waals surface area contributed by atoms with Crippen molar-refractivity contribution in [3.05, 3.63) is 68.0 Å². The van der Waals surface area contributed by atoms with Crippen LogP contribution in [-0.4, -0.2) is 104 Å². The van der Waals surface area contributed by atoms with Crippen LogP contribution in [0.3, 0.4) is 0 Å². The number of aliphatic hydroxyl groups is 1. The van der Waals surface area contributed by atoms with E-state index in [0.29, 0.717) is 23.2 Å². The highest BCUT2D eigenvalue weighted by atomic mass is 32.2. The van der Waals surface area contributed by atoms with Gasteiger partial charge in [0.25, 0.3) is 11.5 Å². The topological polar surface area (TPSA) is 427 Å². The van der Waals surface area contributed by atoms with Crippen LogP contribution in [-0.2, 0) is 84.2 Å². The highest BCUT2D eigenvalue weighted by Gasteiger charge is 2.45. The van der Waals surface area contributed by atoms with Gasteiger partial charge in [-0.15, -0.1) is 28.0 Å². The van der Waals surface area contributed by atoms with Crippen molar-refractivity contribution in [3.8, 4) is 11.8 Å². The molecule has 2 heterocycles. The largest absolute Gasteiger partial charge is 0.557 e. The molecule has 63 heavy (non-hydrogen) atoms. The average Bonchev–Trinajstić information content (AvgIpc) is 3.59. The number of nitrogens with zero attached hydrogens (tertiary/aromatic N) is 1. The van der Waals surface area contributed by atoms with E-state index in [9.17, 15) is 60.7 Å². The fraction of sp³-hybridized carbons (Fsp3) is 0.440. The van der Waals surface area contributed by atoms with Gasteiger partial charge in [-0.3, -0.25) is 28.2 Å². The maximum Gasteiger partial charge on any atom is 0.557 e. The molecule has 0 saturated carbocycles. The van der Waals surface area contributed by atoms with Gasteiger partial charge in [0.1, 0.15) is 24.5 Å². The normalized spacial score (nSPS) is 20.1. The van der Waals surface area contributed by atoms with Gasteiger partial charge < -0.3 is 35.8 Å². The molecule has 7 unspecified atom stereocenters. The fourth-order valence-corrected chi connectivity index (χ4v) is 7.72. The number of ether oxygens (including phenoxy) is 1. The molecule has 38 heteroatoms. The molecule has 10 N–H and O–H groups in total. The van der Waals surface area contributed by atoms with Crippen LogP contribution in [0.25, 0.3) is 0 Å². The number of nitrogens with two attached hydrogens (primary N) is 1. The summed E-state index contributed by atoms with van der Waals surface area (Å²) in [5.74, 6) is 1.55. The summed E-state index contributed by atoms with van der Waals surface area (Å²) < 4.78 is 127. The molecule has 2 aromatic rings. The van der Waals surface area contributed by atoms with E-state index in [1.54, 1.807) is 24.3 Å². The molecule has 0 bridgehead atoms. The number of rotatable bonds is 23. The first-order valence-electron chi connectivity index (χ1n) is 16.0. The molecule has 30 nitrogen and oxygen atoms in total. The maximum atomic E-state index is 12.5. The van der Waals surface area contributed by atoms with Gasteiger partial charge in [0.2, 0.25) is 0 Å². The number of aliphatic carboxylic acids is 1. The molecule has 1 fully saturated rings.